The van der Waals surface area contributed by atoms with Gasteiger partial charge in [-0.1, -0.05) is 12.1 Å². The van der Waals surface area contributed by atoms with Gasteiger partial charge in [-0.15, -0.1) is 0 Å². The van der Waals surface area contributed by atoms with Gasteiger partial charge in [-0.05, 0) is 31.5 Å². The standard InChI is InChI=1S/C19H20N2O7/c1-4-28-17-9-14(15(21(25)26)10-16(17)27-3)18(22)20-13-7-5-12(6-8-13)11(2)19(23)24/h5-11H,4H2,1-3H3,(H,20,22)(H,23,24). The Kier molecular flexibility index (Phi) is 6.54. The van der Waals surface area contributed by atoms with E-state index >= 15 is 0 Å². The number of ether oxygens (including phenoxy) is 2. The number of rotatable bonds is 8. The first kappa shape index (κ1) is 20.7. The number of nitrogens with one attached hydrogen (secondary N) is 1. The second-order valence-electron chi connectivity index (χ2n) is 5.85. The molecule has 2 N–H and O–H groups in total. The van der Waals surface area contributed by atoms with Crippen LogP contribution in [-0.4, -0.2) is 35.6 Å². The van der Waals surface area contributed by atoms with Crippen molar-refractivity contribution in [3.05, 3.63) is 57.6 Å². The lowest BCUT2D eigenvalue weighted by atomic mass is 10.0. The van der Waals surface area contributed by atoms with E-state index < -0.39 is 28.4 Å². The van der Waals surface area contributed by atoms with Gasteiger partial charge in [-0.25, -0.2) is 0 Å². The summed E-state index contributed by atoms with van der Waals surface area (Å²) in [5, 5.41) is 23.0. The van der Waals surface area contributed by atoms with Crippen molar-refractivity contribution >= 4 is 23.3 Å². The van der Waals surface area contributed by atoms with Crippen molar-refractivity contribution in [3.8, 4) is 11.5 Å². The second kappa shape index (κ2) is 8.85. The summed E-state index contributed by atoms with van der Waals surface area (Å²) >= 11 is 0. The number of carbonyl (C=O) groups excluding carboxylic acids is 1. The molecular weight excluding hydrogens is 368 g/mol. The zero-order valence-corrected chi connectivity index (χ0v) is 15.6. The summed E-state index contributed by atoms with van der Waals surface area (Å²) < 4.78 is 10.5. The fourth-order valence-electron chi connectivity index (χ4n) is 2.51. The van der Waals surface area contributed by atoms with E-state index in [4.69, 9.17) is 14.6 Å². The molecule has 0 aromatic heterocycles. The number of hydrogen-bond acceptors (Lipinski definition) is 6. The van der Waals surface area contributed by atoms with Crippen molar-refractivity contribution in [1.29, 1.82) is 0 Å². The molecular formula is C19H20N2O7. The number of amides is 1. The quantitative estimate of drug-likeness (QED) is 0.523. The molecule has 1 atom stereocenters. The molecule has 0 heterocycles. The summed E-state index contributed by atoms with van der Waals surface area (Å²) in [5.41, 5.74) is 0.333. The Bertz CT molecular complexity index is 894. The fourth-order valence-corrected chi connectivity index (χ4v) is 2.51. The van der Waals surface area contributed by atoms with Gasteiger partial charge in [0.05, 0.1) is 30.6 Å². The third-order valence-corrected chi connectivity index (χ3v) is 4.06. The lowest BCUT2D eigenvalue weighted by Gasteiger charge is -2.12. The molecule has 0 fully saturated rings. The number of benzene rings is 2. The maximum atomic E-state index is 12.6. The highest BCUT2D eigenvalue weighted by Crippen LogP contribution is 2.35. The van der Waals surface area contributed by atoms with Gasteiger partial charge in [0.15, 0.2) is 11.5 Å². The monoisotopic (exact) mass is 388 g/mol. The summed E-state index contributed by atoms with van der Waals surface area (Å²) in [6, 6.07) is 8.61. The minimum atomic E-state index is -0.964. The van der Waals surface area contributed by atoms with Crippen molar-refractivity contribution in [2.24, 2.45) is 0 Å². The van der Waals surface area contributed by atoms with Gasteiger partial charge in [0.25, 0.3) is 11.6 Å². The molecule has 148 valence electrons. The summed E-state index contributed by atoms with van der Waals surface area (Å²) in [4.78, 5) is 34.3. The largest absolute Gasteiger partial charge is 0.493 e. The number of hydrogen-bond donors (Lipinski definition) is 2. The van der Waals surface area contributed by atoms with Crippen LogP contribution >= 0.6 is 0 Å². The topological polar surface area (TPSA) is 128 Å². The molecule has 0 spiro atoms. The van der Waals surface area contributed by atoms with E-state index in [1.165, 1.54) is 25.3 Å². The Morgan fingerprint density at radius 3 is 2.36 bits per heavy atom. The van der Waals surface area contributed by atoms with Gasteiger partial charge < -0.3 is 19.9 Å². The number of nitrogens with zero attached hydrogens (tertiary/aromatic N) is 1. The van der Waals surface area contributed by atoms with Crippen LogP contribution in [0.15, 0.2) is 36.4 Å². The van der Waals surface area contributed by atoms with Crippen LogP contribution in [0.3, 0.4) is 0 Å². The van der Waals surface area contributed by atoms with E-state index in [1.807, 2.05) is 0 Å². The minimum absolute atomic E-state index is 0.150. The molecule has 2 aromatic carbocycles. The van der Waals surface area contributed by atoms with E-state index in [0.717, 1.165) is 6.07 Å². The number of nitro benzene ring substituents is 1. The van der Waals surface area contributed by atoms with Crippen molar-refractivity contribution in [2.45, 2.75) is 19.8 Å². The van der Waals surface area contributed by atoms with E-state index in [9.17, 15) is 19.7 Å². The van der Waals surface area contributed by atoms with Crippen molar-refractivity contribution in [2.75, 3.05) is 19.0 Å². The van der Waals surface area contributed by atoms with E-state index in [-0.39, 0.29) is 17.1 Å². The predicted octanol–water partition coefficient (Wildman–Crippen LogP) is 3.44. The fraction of sp³-hybridized carbons (Fsp3) is 0.263. The summed E-state index contributed by atoms with van der Waals surface area (Å²) in [6.07, 6.45) is 0. The lowest BCUT2D eigenvalue weighted by molar-refractivity contribution is -0.385. The lowest BCUT2D eigenvalue weighted by Crippen LogP contribution is -2.15. The van der Waals surface area contributed by atoms with Crippen LogP contribution in [0.4, 0.5) is 11.4 Å². The van der Waals surface area contributed by atoms with Crippen LogP contribution in [0.5, 0.6) is 11.5 Å². The van der Waals surface area contributed by atoms with Gasteiger partial charge in [0, 0.05) is 11.8 Å². The molecule has 1 amide bonds. The Morgan fingerprint density at radius 2 is 1.86 bits per heavy atom. The summed E-state index contributed by atoms with van der Waals surface area (Å²) in [7, 11) is 1.35. The molecule has 9 heteroatoms. The maximum Gasteiger partial charge on any atom is 0.310 e. The van der Waals surface area contributed by atoms with Gasteiger partial charge in [0.2, 0.25) is 0 Å². The number of carbonyl (C=O) groups is 2. The van der Waals surface area contributed by atoms with Crippen molar-refractivity contribution in [3.63, 3.8) is 0 Å². The number of nitro groups is 1. The molecule has 0 aliphatic rings. The average molecular weight is 388 g/mol. The normalized spacial score (nSPS) is 11.4. The Labute approximate surface area is 161 Å². The molecule has 0 aliphatic carbocycles. The van der Waals surface area contributed by atoms with Gasteiger partial charge in [-0.2, -0.15) is 0 Å². The van der Waals surface area contributed by atoms with Crippen LogP contribution in [0.1, 0.15) is 35.7 Å². The molecule has 0 saturated heterocycles. The Balaban J connectivity index is 2.33. The van der Waals surface area contributed by atoms with E-state index in [1.54, 1.807) is 26.0 Å². The number of anilines is 1. The first-order valence-corrected chi connectivity index (χ1v) is 8.41. The smallest absolute Gasteiger partial charge is 0.310 e. The zero-order chi connectivity index (χ0) is 20.8. The molecule has 2 rings (SSSR count). The Morgan fingerprint density at radius 1 is 1.21 bits per heavy atom. The molecule has 1 unspecified atom stereocenters. The number of methoxy groups -OCH3 is 1. The van der Waals surface area contributed by atoms with E-state index in [2.05, 4.69) is 5.32 Å². The third-order valence-electron chi connectivity index (χ3n) is 4.06. The minimum Gasteiger partial charge on any atom is -0.493 e. The first-order valence-electron chi connectivity index (χ1n) is 8.41. The predicted molar refractivity (Wildman–Crippen MR) is 101 cm³/mol. The molecule has 9 nitrogen and oxygen atoms in total. The molecule has 0 saturated carbocycles. The summed E-state index contributed by atoms with van der Waals surface area (Å²) in [5.74, 6) is -1.99. The highest BCUT2D eigenvalue weighted by molar-refractivity contribution is 6.07. The zero-order valence-electron chi connectivity index (χ0n) is 15.6. The van der Waals surface area contributed by atoms with Crippen molar-refractivity contribution in [1.82, 2.24) is 0 Å². The van der Waals surface area contributed by atoms with Gasteiger partial charge in [-0.3, -0.25) is 19.7 Å². The molecule has 0 radical (unpaired) electrons. The maximum absolute atomic E-state index is 12.6. The van der Waals surface area contributed by atoms with Crippen LogP contribution in [0, 0.1) is 10.1 Å². The number of aliphatic carboxylic acids is 1. The third kappa shape index (κ3) is 4.56. The second-order valence-corrected chi connectivity index (χ2v) is 5.85. The first-order chi connectivity index (χ1) is 13.3. The van der Waals surface area contributed by atoms with Gasteiger partial charge in [0.1, 0.15) is 5.56 Å². The van der Waals surface area contributed by atoms with Gasteiger partial charge >= 0.3 is 5.97 Å². The summed E-state index contributed by atoms with van der Waals surface area (Å²) in [6.45, 7) is 3.57. The number of carboxylic acid groups (broad SMARTS) is 1. The highest BCUT2D eigenvalue weighted by Gasteiger charge is 2.25. The molecule has 28 heavy (non-hydrogen) atoms. The average Bonchev–Trinajstić information content (AvgIpc) is 2.67. The Hall–Kier alpha value is -3.62. The van der Waals surface area contributed by atoms with E-state index in [0.29, 0.717) is 17.9 Å². The van der Waals surface area contributed by atoms with Crippen molar-refractivity contribution < 1.29 is 29.1 Å². The SMILES string of the molecule is CCOc1cc(C(=O)Nc2ccc(C(C)C(=O)O)cc2)c([N+](=O)[O-])cc1OC. The van der Waals surface area contributed by atoms with Crippen LogP contribution in [-0.2, 0) is 4.79 Å². The highest BCUT2D eigenvalue weighted by atomic mass is 16.6. The molecule has 2 aromatic rings. The number of carboxylic acids is 1. The van der Waals surface area contributed by atoms with Crippen LogP contribution in [0.25, 0.3) is 0 Å². The van der Waals surface area contributed by atoms with Crippen LogP contribution in [0.2, 0.25) is 0 Å². The van der Waals surface area contributed by atoms with Crippen LogP contribution < -0.4 is 14.8 Å². The molecule has 0 aliphatic heterocycles. The molecule has 0 bridgehead atoms.